The van der Waals surface area contributed by atoms with Crippen LogP contribution in [0.4, 0.5) is 33.2 Å². The normalized spacial score (nSPS) is 21.7. The summed E-state index contributed by atoms with van der Waals surface area (Å²) in [5, 5.41) is 8.67. The number of hydrogen-bond acceptors (Lipinski definition) is 14. The van der Waals surface area contributed by atoms with E-state index in [-0.39, 0.29) is 40.9 Å². The van der Waals surface area contributed by atoms with Gasteiger partial charge in [0.05, 0.1) is 21.7 Å². The second-order valence-corrected chi connectivity index (χ2v) is 21.0. The summed E-state index contributed by atoms with van der Waals surface area (Å²) in [6, 6.07) is 16.1. The Morgan fingerprint density at radius 3 is 2.30 bits per heavy atom. The average molecular weight is 937 g/mol. The molecule has 0 aliphatic carbocycles. The Hall–Kier alpha value is -6.02. The van der Waals surface area contributed by atoms with Crippen molar-refractivity contribution in [2.24, 2.45) is 5.92 Å². The average Bonchev–Trinajstić information content (AvgIpc) is 3.52. The highest BCUT2D eigenvalue weighted by molar-refractivity contribution is 7.89. The van der Waals surface area contributed by atoms with Crippen molar-refractivity contribution >= 4 is 62.5 Å². The highest BCUT2D eigenvalue weighted by atomic mass is 32.2. The maximum Gasteiger partial charge on any atom is 0.262 e. The number of amides is 4. The summed E-state index contributed by atoms with van der Waals surface area (Å²) in [7, 11) is -3.71. The first-order chi connectivity index (χ1) is 32.0. The van der Waals surface area contributed by atoms with E-state index in [1.807, 2.05) is 31.2 Å². The first kappa shape index (κ1) is 46.1. The molecule has 0 spiro atoms. The van der Waals surface area contributed by atoms with E-state index in [9.17, 15) is 27.6 Å². The predicted octanol–water partition coefficient (Wildman–Crippen LogP) is 5.33. The maximum atomic E-state index is 15.8. The van der Waals surface area contributed by atoms with Gasteiger partial charge in [-0.05, 0) is 133 Å². The molecule has 3 atom stereocenters. The Kier molecular flexibility index (Phi) is 12.8. The zero-order valence-electron chi connectivity index (χ0n) is 38.2. The van der Waals surface area contributed by atoms with Crippen LogP contribution in [0.5, 0.6) is 5.75 Å². The number of nitrogens with one attached hydrogen (secondary N) is 4. The van der Waals surface area contributed by atoms with E-state index >= 15 is 4.39 Å². The number of nitrogens with zero attached hydrogens (tertiary/aromatic N) is 6. The Balaban J connectivity index is 0.716. The van der Waals surface area contributed by atoms with Crippen molar-refractivity contribution in [3.05, 3.63) is 89.4 Å². The summed E-state index contributed by atoms with van der Waals surface area (Å²) in [6.45, 7) is 13.0. The van der Waals surface area contributed by atoms with Crippen molar-refractivity contribution in [1.29, 1.82) is 0 Å². The fourth-order valence-electron chi connectivity index (χ4n) is 9.88. The first-order valence-corrected chi connectivity index (χ1v) is 24.5. The number of benzene rings is 3. The Morgan fingerprint density at radius 2 is 1.60 bits per heavy atom. The summed E-state index contributed by atoms with van der Waals surface area (Å²) in [5.74, 6) is -0.804. The lowest BCUT2D eigenvalue weighted by atomic mass is 9.87. The highest BCUT2D eigenvalue weighted by Gasteiger charge is 2.47. The Morgan fingerprint density at radius 1 is 0.866 bits per heavy atom. The molecule has 1 aromatic heterocycles. The van der Waals surface area contributed by atoms with Crippen molar-refractivity contribution in [2.45, 2.75) is 94.8 Å². The minimum absolute atomic E-state index is 0.0200. The molecule has 10 rings (SSSR count). The molecule has 67 heavy (non-hydrogen) atoms. The van der Waals surface area contributed by atoms with E-state index in [4.69, 9.17) is 4.74 Å². The number of aromatic nitrogens is 2. The van der Waals surface area contributed by atoms with Crippen LogP contribution in [0.25, 0.3) is 0 Å². The molecular weight excluding hydrogens is 880 g/mol. The second kappa shape index (κ2) is 18.6. The van der Waals surface area contributed by atoms with Crippen LogP contribution in [0.15, 0.2) is 71.8 Å². The Labute approximate surface area is 389 Å². The van der Waals surface area contributed by atoms with Gasteiger partial charge in [-0.3, -0.25) is 39.2 Å². The molecule has 0 radical (unpaired) electrons. The number of hydrogen-bond donors (Lipinski definition) is 4. The number of fused-ring (bicyclic) bond motifs is 4. The van der Waals surface area contributed by atoms with Gasteiger partial charge in [0.25, 0.3) is 11.8 Å². The lowest BCUT2D eigenvalue weighted by Crippen LogP contribution is -2.63. The number of ether oxygens (including phenoxy) is 1. The van der Waals surface area contributed by atoms with Crippen LogP contribution in [0.3, 0.4) is 0 Å². The number of likely N-dealkylation sites (tertiary alicyclic amines) is 1. The summed E-state index contributed by atoms with van der Waals surface area (Å²) in [4.78, 5) is 68.1. The van der Waals surface area contributed by atoms with E-state index in [2.05, 4.69) is 45.3 Å². The van der Waals surface area contributed by atoms with E-state index < -0.39 is 51.0 Å². The van der Waals surface area contributed by atoms with Crippen LogP contribution >= 0.6 is 0 Å². The number of rotatable bonds is 14. The molecule has 354 valence electrons. The molecule has 5 saturated heterocycles. The van der Waals surface area contributed by atoms with Gasteiger partial charge in [-0.25, -0.2) is 22.5 Å². The van der Waals surface area contributed by atoms with E-state index in [1.165, 1.54) is 6.07 Å². The van der Waals surface area contributed by atoms with Crippen molar-refractivity contribution in [3.8, 4) is 5.75 Å². The smallest absolute Gasteiger partial charge is 0.262 e. The number of imide groups is 2. The van der Waals surface area contributed by atoms with E-state index in [1.54, 1.807) is 51.2 Å². The lowest BCUT2D eigenvalue weighted by Gasteiger charge is -2.53. The summed E-state index contributed by atoms with van der Waals surface area (Å²) in [6.07, 6.45) is 5.86. The van der Waals surface area contributed by atoms with Crippen LogP contribution < -0.4 is 30.3 Å². The summed E-state index contributed by atoms with van der Waals surface area (Å²) >= 11 is 0. The zero-order valence-corrected chi connectivity index (χ0v) is 39.0. The van der Waals surface area contributed by atoms with Crippen LogP contribution in [-0.2, 0) is 19.6 Å². The number of sulfonamides is 1. The summed E-state index contributed by atoms with van der Waals surface area (Å²) in [5.41, 5.74) is 1.89. The van der Waals surface area contributed by atoms with E-state index in [0.717, 1.165) is 86.4 Å². The molecule has 17 nitrogen and oxygen atoms in total. The van der Waals surface area contributed by atoms with Gasteiger partial charge in [-0.15, -0.1) is 0 Å². The van der Waals surface area contributed by atoms with Crippen LogP contribution in [0, 0.1) is 18.7 Å². The zero-order chi connectivity index (χ0) is 47.2. The molecule has 4 amide bonds. The lowest BCUT2D eigenvalue weighted by molar-refractivity contribution is -0.136. The molecule has 4 aromatic rings. The maximum absolute atomic E-state index is 15.8. The topological polar surface area (TPSA) is 199 Å². The third-order valence-corrected chi connectivity index (χ3v) is 15.0. The molecule has 3 aromatic carbocycles. The molecule has 0 saturated carbocycles. The van der Waals surface area contributed by atoms with Gasteiger partial charge in [-0.1, -0.05) is 6.07 Å². The Bertz CT molecular complexity index is 2690. The molecule has 7 heterocycles. The molecule has 3 unspecified atom stereocenters. The monoisotopic (exact) mass is 936 g/mol. The van der Waals surface area contributed by atoms with Gasteiger partial charge < -0.3 is 20.3 Å². The van der Waals surface area contributed by atoms with Crippen LogP contribution in [0.1, 0.15) is 85.6 Å². The van der Waals surface area contributed by atoms with Crippen molar-refractivity contribution in [3.63, 3.8) is 0 Å². The summed E-state index contributed by atoms with van der Waals surface area (Å²) < 4.78 is 50.4. The predicted molar refractivity (Wildman–Crippen MR) is 250 cm³/mol. The third kappa shape index (κ3) is 10.1. The molecule has 6 aliphatic rings. The fraction of sp³-hybridized carbons (Fsp3) is 0.458. The number of carbonyl (C=O) groups excluding carboxylic acids is 4. The molecule has 19 heteroatoms. The van der Waals surface area contributed by atoms with Crippen molar-refractivity contribution in [2.75, 3.05) is 61.4 Å². The molecule has 4 N–H and O–H groups in total. The molecule has 5 fully saturated rings. The largest absolute Gasteiger partial charge is 0.492 e. The van der Waals surface area contributed by atoms with Gasteiger partial charge in [0.2, 0.25) is 27.8 Å². The SMILES string of the molecule is Cc1cnc(Nc2ccc(OCCN3CCC(CN4CC5CCC4CN5c4cc5c(cc4F)C(=O)N(C4CCC(=O)NC4=O)C5=O)CC3)cc2)nc1Nc1cccc(S(=O)(=O)NC(C)(C)C)c1. The van der Waals surface area contributed by atoms with Gasteiger partial charge in [0.15, 0.2) is 0 Å². The number of anilines is 5. The van der Waals surface area contributed by atoms with Crippen molar-refractivity contribution in [1.82, 2.24) is 34.7 Å². The highest BCUT2D eigenvalue weighted by Crippen LogP contribution is 2.39. The van der Waals surface area contributed by atoms with Crippen LogP contribution in [-0.4, -0.2) is 126 Å². The molecule has 6 aliphatic heterocycles. The number of halogens is 1. The minimum Gasteiger partial charge on any atom is -0.492 e. The van der Waals surface area contributed by atoms with Gasteiger partial charge >= 0.3 is 0 Å². The number of carbonyl (C=O) groups is 4. The van der Waals surface area contributed by atoms with Crippen LogP contribution in [0.2, 0.25) is 0 Å². The third-order valence-electron chi connectivity index (χ3n) is 13.3. The minimum atomic E-state index is -3.71. The standard InChI is InChI=1S/C48H57FN10O7S/c1-29-25-50-47(54-43(29)51-32-6-5-7-36(22-32)67(64,65)55-48(2,3)4)52-31-8-12-35(13-9-31)66-21-20-56-18-16-30(17-19-56)26-57-27-34-11-10-33(57)28-58(34)41-24-38-37(23-39(41)49)45(62)59(46(38)63)40-14-15-42(60)53-44(40)61/h5-9,12-13,22-25,30,33-34,40,55H,10-11,14-21,26-28H2,1-4H3,(H,53,60,61)(H2,50,51,52,54). The van der Waals surface area contributed by atoms with E-state index in [0.29, 0.717) is 42.2 Å². The first-order valence-electron chi connectivity index (χ1n) is 23.0. The second-order valence-electron chi connectivity index (χ2n) is 19.3. The number of aryl methyl sites for hydroxylation is 1. The van der Waals surface area contributed by atoms with Gasteiger partial charge in [0, 0.05) is 73.4 Å². The molecule has 2 bridgehead atoms. The quantitative estimate of drug-likeness (QED) is 0.118. The number of piperazine rings is 1. The fourth-order valence-corrected chi connectivity index (χ4v) is 11.3. The number of piperidine rings is 4. The van der Waals surface area contributed by atoms with Crippen molar-refractivity contribution < 1.29 is 36.7 Å². The van der Waals surface area contributed by atoms with Gasteiger partial charge in [-0.2, -0.15) is 4.98 Å². The molecular formula is C48H57FN10O7S. The van der Waals surface area contributed by atoms with Gasteiger partial charge in [0.1, 0.15) is 30.0 Å².